The maximum absolute atomic E-state index is 8.72. The first-order valence-corrected chi connectivity index (χ1v) is 6.93. The molecule has 0 aromatic carbocycles. The normalized spacial score (nSPS) is 17.0. The highest BCUT2D eigenvalue weighted by molar-refractivity contribution is 5.09. The number of nitrogens with one attached hydrogen (secondary N) is 1. The summed E-state index contributed by atoms with van der Waals surface area (Å²) in [4.78, 5) is 4.24. The Kier molecular flexibility index (Phi) is 5.16. The number of nitrogens with zero attached hydrogens (tertiary/aromatic N) is 2. The molecule has 0 spiro atoms. The van der Waals surface area contributed by atoms with Crippen molar-refractivity contribution < 1.29 is 5.11 Å². The Labute approximate surface area is 108 Å². The molecule has 1 saturated carbocycles. The zero-order valence-corrected chi connectivity index (χ0v) is 10.9. The lowest BCUT2D eigenvalue weighted by Crippen LogP contribution is -2.30. The highest BCUT2D eigenvalue weighted by atomic mass is 16.2. The van der Waals surface area contributed by atoms with E-state index in [-0.39, 0.29) is 12.6 Å². The summed E-state index contributed by atoms with van der Waals surface area (Å²) in [5, 5.41) is 12.2. The molecule has 0 bridgehead atoms. The molecule has 18 heavy (non-hydrogen) atoms. The first-order valence-electron chi connectivity index (χ1n) is 6.93. The third kappa shape index (κ3) is 3.54. The number of nitrogens with two attached hydrogens (primary N) is 1. The van der Waals surface area contributed by atoms with Crippen molar-refractivity contribution in [1.82, 2.24) is 14.9 Å². The molecule has 2 rings (SSSR count). The molecule has 1 aromatic heterocycles. The van der Waals surface area contributed by atoms with Crippen LogP contribution in [0.2, 0.25) is 0 Å². The second-order valence-corrected chi connectivity index (χ2v) is 4.98. The molecule has 1 atom stereocenters. The molecule has 0 aliphatic heterocycles. The summed E-state index contributed by atoms with van der Waals surface area (Å²) in [6.07, 6.45) is 9.39. The molecule has 4 N–H and O–H groups in total. The van der Waals surface area contributed by atoms with Crippen molar-refractivity contribution in [2.45, 2.75) is 44.2 Å². The summed E-state index contributed by atoms with van der Waals surface area (Å²) < 4.78 is 2.26. The van der Waals surface area contributed by atoms with Crippen LogP contribution in [0.1, 0.15) is 49.9 Å². The first kappa shape index (κ1) is 13.5. The standard InChI is InChI=1S/C13H24N4O/c14-8-12(16-6-2-1-3-7-18)13-9-15-10-17(13)11-4-5-11/h9-12,16,18H,1-8,14H2. The van der Waals surface area contributed by atoms with Gasteiger partial charge < -0.3 is 20.7 Å². The largest absolute Gasteiger partial charge is 0.396 e. The Morgan fingerprint density at radius 3 is 2.94 bits per heavy atom. The average molecular weight is 252 g/mol. The smallest absolute Gasteiger partial charge is 0.0951 e. The van der Waals surface area contributed by atoms with Crippen LogP contribution in [0.25, 0.3) is 0 Å². The monoisotopic (exact) mass is 252 g/mol. The van der Waals surface area contributed by atoms with Crippen LogP contribution in [-0.2, 0) is 0 Å². The molecule has 0 saturated heterocycles. The number of unbranched alkanes of at least 4 members (excludes halogenated alkanes) is 2. The van der Waals surface area contributed by atoms with Gasteiger partial charge in [0.15, 0.2) is 0 Å². The Balaban J connectivity index is 1.81. The minimum atomic E-state index is 0.197. The quantitative estimate of drug-likeness (QED) is 0.572. The zero-order chi connectivity index (χ0) is 12.8. The van der Waals surface area contributed by atoms with Gasteiger partial charge >= 0.3 is 0 Å². The highest BCUT2D eigenvalue weighted by Gasteiger charge is 2.27. The molecule has 1 aliphatic carbocycles. The Bertz CT molecular complexity index is 349. The van der Waals surface area contributed by atoms with E-state index in [9.17, 15) is 0 Å². The minimum absolute atomic E-state index is 0.197. The SMILES string of the molecule is NCC(NCCCCCO)c1cncn1C1CC1. The van der Waals surface area contributed by atoms with E-state index in [2.05, 4.69) is 14.9 Å². The zero-order valence-electron chi connectivity index (χ0n) is 10.9. The predicted molar refractivity (Wildman–Crippen MR) is 71.2 cm³/mol. The van der Waals surface area contributed by atoms with E-state index in [0.717, 1.165) is 25.8 Å². The minimum Gasteiger partial charge on any atom is -0.396 e. The third-order valence-electron chi connectivity index (χ3n) is 3.45. The first-order chi connectivity index (χ1) is 8.86. The Hall–Kier alpha value is -0.910. The maximum atomic E-state index is 8.72. The number of rotatable bonds is 9. The number of aromatic nitrogens is 2. The fourth-order valence-electron chi connectivity index (χ4n) is 2.24. The van der Waals surface area contributed by atoms with E-state index in [4.69, 9.17) is 10.8 Å². The van der Waals surface area contributed by atoms with E-state index in [1.54, 1.807) is 0 Å². The summed E-state index contributed by atoms with van der Waals surface area (Å²) in [6, 6.07) is 0.843. The fourth-order valence-corrected chi connectivity index (χ4v) is 2.24. The van der Waals surface area contributed by atoms with E-state index in [1.165, 1.54) is 18.5 Å². The van der Waals surface area contributed by atoms with Crippen molar-refractivity contribution in [3.05, 3.63) is 18.2 Å². The highest BCUT2D eigenvalue weighted by Crippen LogP contribution is 2.36. The summed E-state index contributed by atoms with van der Waals surface area (Å²) in [6.45, 7) is 1.82. The van der Waals surface area contributed by atoms with Crippen LogP contribution in [0.3, 0.4) is 0 Å². The number of hydrogen-bond acceptors (Lipinski definition) is 4. The number of imidazole rings is 1. The summed E-state index contributed by atoms with van der Waals surface area (Å²) in [7, 11) is 0. The van der Waals surface area contributed by atoms with Gasteiger partial charge in [-0.25, -0.2) is 4.98 Å². The molecule has 5 heteroatoms. The van der Waals surface area contributed by atoms with E-state index < -0.39 is 0 Å². The average Bonchev–Trinajstić information content (AvgIpc) is 3.13. The number of aliphatic hydroxyl groups is 1. The van der Waals surface area contributed by atoms with Crippen LogP contribution in [0.4, 0.5) is 0 Å². The van der Waals surface area contributed by atoms with Gasteiger partial charge in [0.05, 0.1) is 18.1 Å². The van der Waals surface area contributed by atoms with Crippen molar-refractivity contribution in [2.75, 3.05) is 19.7 Å². The van der Waals surface area contributed by atoms with Gasteiger partial charge in [-0.1, -0.05) is 0 Å². The van der Waals surface area contributed by atoms with Gasteiger partial charge in [-0.3, -0.25) is 0 Å². The fraction of sp³-hybridized carbons (Fsp3) is 0.769. The second-order valence-electron chi connectivity index (χ2n) is 4.98. The summed E-state index contributed by atoms with van der Waals surface area (Å²) in [5.74, 6) is 0. The molecule has 1 heterocycles. The number of hydrogen-bond donors (Lipinski definition) is 3. The predicted octanol–water partition coefficient (Wildman–Crippen LogP) is 0.970. The molecular formula is C13H24N4O. The summed E-state index contributed by atoms with van der Waals surface area (Å²) in [5.41, 5.74) is 7.06. The van der Waals surface area contributed by atoms with E-state index >= 15 is 0 Å². The van der Waals surface area contributed by atoms with Gasteiger partial charge in [0.25, 0.3) is 0 Å². The molecule has 1 fully saturated rings. The molecule has 0 amide bonds. The van der Waals surface area contributed by atoms with E-state index in [0.29, 0.717) is 12.6 Å². The maximum Gasteiger partial charge on any atom is 0.0951 e. The van der Waals surface area contributed by atoms with Crippen molar-refractivity contribution in [2.24, 2.45) is 5.73 Å². The van der Waals surface area contributed by atoms with Crippen molar-refractivity contribution in [1.29, 1.82) is 0 Å². The van der Waals surface area contributed by atoms with Gasteiger partial charge in [0.1, 0.15) is 0 Å². The molecule has 1 aliphatic rings. The topological polar surface area (TPSA) is 76.1 Å². The Morgan fingerprint density at radius 2 is 2.28 bits per heavy atom. The number of aliphatic hydroxyl groups excluding tert-OH is 1. The lowest BCUT2D eigenvalue weighted by atomic mass is 10.2. The third-order valence-corrected chi connectivity index (χ3v) is 3.45. The Morgan fingerprint density at radius 1 is 1.44 bits per heavy atom. The van der Waals surface area contributed by atoms with Crippen LogP contribution in [0.5, 0.6) is 0 Å². The van der Waals surface area contributed by atoms with Crippen molar-refractivity contribution in [3.63, 3.8) is 0 Å². The molecular weight excluding hydrogens is 228 g/mol. The van der Waals surface area contributed by atoms with E-state index in [1.807, 2.05) is 12.5 Å². The summed E-state index contributed by atoms with van der Waals surface area (Å²) >= 11 is 0. The van der Waals surface area contributed by atoms with Crippen LogP contribution >= 0.6 is 0 Å². The lowest BCUT2D eigenvalue weighted by molar-refractivity contribution is 0.282. The van der Waals surface area contributed by atoms with Gasteiger partial charge in [0.2, 0.25) is 0 Å². The lowest BCUT2D eigenvalue weighted by Gasteiger charge is -2.18. The van der Waals surface area contributed by atoms with Gasteiger partial charge in [0, 0.05) is 25.4 Å². The van der Waals surface area contributed by atoms with Crippen LogP contribution in [0.15, 0.2) is 12.5 Å². The second kappa shape index (κ2) is 6.87. The van der Waals surface area contributed by atoms with Crippen LogP contribution in [-0.4, -0.2) is 34.4 Å². The van der Waals surface area contributed by atoms with Gasteiger partial charge in [-0.15, -0.1) is 0 Å². The molecule has 1 unspecified atom stereocenters. The van der Waals surface area contributed by atoms with Gasteiger partial charge in [-0.2, -0.15) is 0 Å². The van der Waals surface area contributed by atoms with Crippen LogP contribution in [0, 0.1) is 0 Å². The molecule has 1 aromatic rings. The molecule has 5 nitrogen and oxygen atoms in total. The van der Waals surface area contributed by atoms with Crippen molar-refractivity contribution in [3.8, 4) is 0 Å². The van der Waals surface area contributed by atoms with Gasteiger partial charge in [-0.05, 0) is 38.6 Å². The molecule has 0 radical (unpaired) electrons. The van der Waals surface area contributed by atoms with Crippen molar-refractivity contribution >= 4 is 0 Å². The molecule has 102 valence electrons. The van der Waals surface area contributed by atoms with Crippen LogP contribution < -0.4 is 11.1 Å².